The Hall–Kier alpha value is -5.89. The number of carbonyl (C=O) groups excluding carboxylic acids is 2. The van der Waals surface area contributed by atoms with Crippen LogP contribution in [-0.4, -0.2) is 83.2 Å². The summed E-state index contributed by atoms with van der Waals surface area (Å²) in [6.45, 7) is 2.44. The van der Waals surface area contributed by atoms with Crippen LogP contribution < -0.4 is 35.0 Å². The van der Waals surface area contributed by atoms with Crippen LogP contribution in [0.15, 0.2) is 94.1 Å². The Morgan fingerprint density at radius 2 is 1.45 bits per heavy atom. The number of hydrogen-bond acceptors (Lipinski definition) is 11. The second kappa shape index (κ2) is 18.6. The number of aliphatic hydroxyl groups is 1. The first-order valence-electron chi connectivity index (χ1n) is 16.9. The summed E-state index contributed by atoms with van der Waals surface area (Å²) in [7, 11) is 6.53. The predicted molar refractivity (Wildman–Crippen MR) is 201 cm³/mol. The van der Waals surface area contributed by atoms with Gasteiger partial charge >= 0.3 is 0 Å². The van der Waals surface area contributed by atoms with Crippen molar-refractivity contribution in [2.45, 2.75) is 13.0 Å². The fraction of sp³-hybridized carbons (Fsp3) is 0.275. The molecule has 13 heteroatoms. The van der Waals surface area contributed by atoms with E-state index in [0.717, 1.165) is 30.2 Å². The van der Waals surface area contributed by atoms with Gasteiger partial charge in [-0.3, -0.25) is 14.4 Å². The maximum atomic E-state index is 13.6. The molecule has 0 fully saturated rings. The third kappa shape index (κ3) is 10.1. The molecule has 53 heavy (non-hydrogen) atoms. The SMILES string of the molecule is COc1cc(NC(=O)c2cc(=O)c3ccccc3o2)c(C(=O)Nc2ccc(CCN(C)Cc3ccc(OCCOCCO)c(OC)c3)cc2)cc1OC. The molecule has 4 aromatic carbocycles. The van der Waals surface area contributed by atoms with Gasteiger partial charge in [-0.15, -0.1) is 0 Å². The van der Waals surface area contributed by atoms with Crippen molar-refractivity contribution in [2.24, 2.45) is 0 Å². The Morgan fingerprint density at radius 1 is 0.755 bits per heavy atom. The van der Waals surface area contributed by atoms with Crippen molar-refractivity contribution in [1.82, 2.24) is 4.90 Å². The first-order valence-corrected chi connectivity index (χ1v) is 16.9. The monoisotopic (exact) mass is 725 g/mol. The van der Waals surface area contributed by atoms with E-state index in [4.69, 9.17) is 33.2 Å². The molecule has 5 rings (SSSR count). The van der Waals surface area contributed by atoms with Crippen LogP contribution in [0.5, 0.6) is 23.0 Å². The summed E-state index contributed by atoms with van der Waals surface area (Å²) in [6.07, 6.45) is 0.771. The summed E-state index contributed by atoms with van der Waals surface area (Å²) in [5.41, 5.74) is 2.83. The summed E-state index contributed by atoms with van der Waals surface area (Å²) in [6, 6.07) is 24.0. The number of aliphatic hydroxyl groups excluding tert-OH is 1. The van der Waals surface area contributed by atoms with Crippen LogP contribution in [0.3, 0.4) is 0 Å². The molecule has 2 amide bonds. The summed E-state index contributed by atoms with van der Waals surface area (Å²) in [5.74, 6) is 0.404. The first kappa shape index (κ1) is 38.3. The third-order valence-corrected chi connectivity index (χ3v) is 8.27. The zero-order valence-electron chi connectivity index (χ0n) is 30.1. The quantitative estimate of drug-likeness (QED) is 0.0996. The van der Waals surface area contributed by atoms with Gasteiger partial charge in [-0.05, 0) is 67.1 Å². The zero-order chi connectivity index (χ0) is 37.7. The van der Waals surface area contributed by atoms with Crippen molar-refractivity contribution < 1.29 is 42.8 Å². The molecular weight excluding hydrogens is 682 g/mol. The summed E-state index contributed by atoms with van der Waals surface area (Å²) in [5, 5.41) is 14.7. The molecule has 0 aliphatic carbocycles. The van der Waals surface area contributed by atoms with Crippen molar-refractivity contribution in [2.75, 3.05) is 72.0 Å². The van der Waals surface area contributed by atoms with Gasteiger partial charge in [0, 0.05) is 30.9 Å². The lowest BCUT2D eigenvalue weighted by atomic mass is 10.1. The summed E-state index contributed by atoms with van der Waals surface area (Å²) in [4.78, 5) is 41.7. The van der Waals surface area contributed by atoms with Gasteiger partial charge in [-0.2, -0.15) is 0 Å². The van der Waals surface area contributed by atoms with Crippen LogP contribution in [0, 0.1) is 0 Å². The van der Waals surface area contributed by atoms with Gasteiger partial charge in [0.2, 0.25) is 0 Å². The molecule has 0 saturated carbocycles. The van der Waals surface area contributed by atoms with E-state index in [2.05, 4.69) is 15.5 Å². The van der Waals surface area contributed by atoms with Crippen LogP contribution in [0.4, 0.5) is 11.4 Å². The molecule has 278 valence electrons. The highest BCUT2D eigenvalue weighted by molar-refractivity contribution is 6.12. The highest BCUT2D eigenvalue weighted by atomic mass is 16.5. The van der Waals surface area contributed by atoms with Crippen molar-refractivity contribution in [3.8, 4) is 23.0 Å². The van der Waals surface area contributed by atoms with Gasteiger partial charge in [0.15, 0.2) is 34.2 Å². The maximum absolute atomic E-state index is 13.6. The molecule has 0 unspecified atom stereocenters. The number of rotatable bonds is 18. The second-order valence-electron chi connectivity index (χ2n) is 12.0. The van der Waals surface area contributed by atoms with Gasteiger partial charge in [-0.25, -0.2) is 0 Å². The van der Waals surface area contributed by atoms with Gasteiger partial charge < -0.3 is 48.7 Å². The highest BCUT2D eigenvalue weighted by Crippen LogP contribution is 2.34. The average Bonchev–Trinajstić information content (AvgIpc) is 3.17. The lowest BCUT2D eigenvalue weighted by Crippen LogP contribution is -2.21. The molecule has 13 nitrogen and oxygen atoms in total. The molecule has 0 atom stereocenters. The molecular formula is C40H43N3O10. The van der Waals surface area contributed by atoms with Crippen molar-refractivity contribution in [1.29, 1.82) is 0 Å². The van der Waals surface area contributed by atoms with E-state index in [0.29, 0.717) is 42.3 Å². The van der Waals surface area contributed by atoms with Crippen LogP contribution >= 0.6 is 0 Å². The largest absolute Gasteiger partial charge is 0.493 e. The lowest BCUT2D eigenvalue weighted by Gasteiger charge is -2.18. The third-order valence-electron chi connectivity index (χ3n) is 8.27. The number of nitrogens with one attached hydrogen (secondary N) is 2. The Labute approximate surface area is 307 Å². The van der Waals surface area contributed by atoms with Gasteiger partial charge in [0.05, 0.1) is 57.8 Å². The summed E-state index contributed by atoms with van der Waals surface area (Å²) >= 11 is 0. The van der Waals surface area contributed by atoms with Gasteiger partial charge in [0.25, 0.3) is 11.8 Å². The lowest BCUT2D eigenvalue weighted by molar-refractivity contribution is 0.0699. The predicted octanol–water partition coefficient (Wildman–Crippen LogP) is 5.39. The van der Waals surface area contributed by atoms with Crippen LogP contribution in [0.1, 0.15) is 32.0 Å². The molecule has 1 heterocycles. The first-order chi connectivity index (χ1) is 25.7. The van der Waals surface area contributed by atoms with Gasteiger partial charge in [-0.1, -0.05) is 30.3 Å². The fourth-order valence-electron chi connectivity index (χ4n) is 5.54. The van der Waals surface area contributed by atoms with E-state index in [1.54, 1.807) is 31.4 Å². The minimum absolute atomic E-state index is 0.0275. The number of nitrogens with zero attached hydrogens (tertiary/aromatic N) is 1. The molecule has 0 bridgehead atoms. The Bertz CT molecular complexity index is 2080. The molecule has 3 N–H and O–H groups in total. The smallest absolute Gasteiger partial charge is 0.291 e. The molecule has 0 spiro atoms. The Balaban J connectivity index is 1.21. The van der Waals surface area contributed by atoms with Crippen LogP contribution in [-0.2, 0) is 17.7 Å². The minimum Gasteiger partial charge on any atom is -0.493 e. The van der Waals surface area contributed by atoms with Gasteiger partial charge in [0.1, 0.15) is 12.2 Å². The molecule has 5 aromatic rings. The average molecular weight is 726 g/mol. The Morgan fingerprint density at radius 3 is 2.19 bits per heavy atom. The number of para-hydroxylation sites is 1. The number of anilines is 2. The normalized spacial score (nSPS) is 11.0. The van der Waals surface area contributed by atoms with Crippen molar-refractivity contribution in [3.05, 3.63) is 118 Å². The number of hydrogen-bond donors (Lipinski definition) is 3. The van der Waals surface area contributed by atoms with Crippen molar-refractivity contribution in [3.63, 3.8) is 0 Å². The van der Waals surface area contributed by atoms with E-state index < -0.39 is 11.8 Å². The van der Waals surface area contributed by atoms with Crippen LogP contribution in [0.2, 0.25) is 0 Å². The minimum atomic E-state index is -0.717. The number of fused-ring (bicyclic) bond motifs is 1. The number of ether oxygens (including phenoxy) is 5. The van der Waals surface area contributed by atoms with E-state index >= 15 is 0 Å². The van der Waals surface area contributed by atoms with E-state index in [9.17, 15) is 14.4 Å². The van der Waals surface area contributed by atoms with Crippen molar-refractivity contribution >= 4 is 34.2 Å². The molecule has 0 aliphatic heterocycles. The maximum Gasteiger partial charge on any atom is 0.291 e. The number of methoxy groups -OCH3 is 3. The number of carbonyl (C=O) groups is 2. The molecule has 0 saturated heterocycles. The van der Waals surface area contributed by atoms with Crippen LogP contribution in [0.25, 0.3) is 11.0 Å². The molecule has 1 aromatic heterocycles. The highest BCUT2D eigenvalue weighted by Gasteiger charge is 2.21. The van der Waals surface area contributed by atoms with E-state index in [1.165, 1.54) is 26.4 Å². The fourth-order valence-corrected chi connectivity index (χ4v) is 5.54. The Kier molecular flexibility index (Phi) is 13.4. The molecule has 0 radical (unpaired) electrons. The topological polar surface area (TPSA) is 158 Å². The number of benzene rings is 4. The number of likely N-dealkylation sites (N-methyl/N-ethyl adjacent to an activating group) is 1. The van der Waals surface area contributed by atoms with E-state index in [-0.39, 0.29) is 52.7 Å². The summed E-state index contributed by atoms with van der Waals surface area (Å²) < 4.78 is 33.1. The molecule has 0 aliphatic rings. The van der Waals surface area contributed by atoms with E-state index in [1.807, 2.05) is 49.5 Å². The number of amides is 2. The zero-order valence-corrected chi connectivity index (χ0v) is 30.1. The standard InChI is InChI=1S/C40H43N3O10/c1-43(25-27-11-14-34(35(21-27)48-2)52-20-19-51-18-17-44)16-15-26-9-12-28(13-10-26)41-39(46)30-22-36(49-3)37(50-4)23-31(30)42-40(47)38-24-32(45)29-7-5-6-8-33(29)53-38/h5-14,21-24,44H,15-20,25H2,1-4H3,(H,41,46)(H,42,47). The second-order valence-corrected chi connectivity index (χ2v) is 12.0.